The van der Waals surface area contributed by atoms with E-state index >= 15 is 0 Å². The van der Waals surface area contributed by atoms with E-state index in [2.05, 4.69) is 6.20 Å². The first-order valence-electron chi connectivity index (χ1n) is 4.35. The molecule has 0 unspecified atom stereocenters. The van der Waals surface area contributed by atoms with Crippen LogP contribution in [0.2, 0.25) is 0 Å². The zero-order valence-electron chi connectivity index (χ0n) is 6.68. The second kappa shape index (κ2) is 2.68. The van der Waals surface area contributed by atoms with Crippen molar-refractivity contribution in [1.29, 1.82) is 0 Å². The van der Waals surface area contributed by atoms with Gasteiger partial charge in [0, 0.05) is 19.2 Å². The fraction of sp³-hybridized carbons (Fsp3) is 0.667. The standard InChI is InChI=1S/C9H13NO/c11-9-5-2-6-10(9)7-8-3-1-4-8/h7H,1-6H2. The first kappa shape index (κ1) is 6.89. The third-order valence-corrected chi connectivity index (χ3v) is 2.44. The van der Waals surface area contributed by atoms with Gasteiger partial charge in [0.15, 0.2) is 0 Å². The minimum Gasteiger partial charge on any atom is -0.319 e. The molecule has 11 heavy (non-hydrogen) atoms. The van der Waals surface area contributed by atoms with Crippen molar-refractivity contribution in [1.82, 2.24) is 4.90 Å². The molecule has 0 bridgehead atoms. The average molecular weight is 151 g/mol. The molecule has 0 aromatic carbocycles. The van der Waals surface area contributed by atoms with Gasteiger partial charge in [-0.15, -0.1) is 0 Å². The molecule has 1 aliphatic heterocycles. The van der Waals surface area contributed by atoms with Crippen molar-refractivity contribution in [3.8, 4) is 0 Å². The molecule has 2 rings (SSSR count). The van der Waals surface area contributed by atoms with Crippen molar-refractivity contribution in [3.05, 3.63) is 11.8 Å². The molecule has 1 saturated heterocycles. The van der Waals surface area contributed by atoms with Gasteiger partial charge in [0.05, 0.1) is 0 Å². The van der Waals surface area contributed by atoms with E-state index in [9.17, 15) is 4.79 Å². The Morgan fingerprint density at radius 2 is 2.00 bits per heavy atom. The second-order valence-corrected chi connectivity index (χ2v) is 3.33. The maximum atomic E-state index is 11.1. The Morgan fingerprint density at radius 3 is 2.45 bits per heavy atom. The quantitative estimate of drug-likeness (QED) is 0.558. The van der Waals surface area contributed by atoms with E-state index in [1.165, 1.54) is 24.8 Å². The molecule has 0 aromatic rings. The molecular formula is C9H13NO. The van der Waals surface area contributed by atoms with Crippen LogP contribution in [0.4, 0.5) is 0 Å². The highest BCUT2D eigenvalue weighted by atomic mass is 16.2. The van der Waals surface area contributed by atoms with Crippen LogP contribution in [0.1, 0.15) is 32.1 Å². The summed E-state index contributed by atoms with van der Waals surface area (Å²) in [4.78, 5) is 13.0. The maximum absolute atomic E-state index is 11.1. The number of carbonyl (C=O) groups is 1. The van der Waals surface area contributed by atoms with Gasteiger partial charge in [-0.25, -0.2) is 0 Å². The van der Waals surface area contributed by atoms with Crippen LogP contribution in [0.5, 0.6) is 0 Å². The van der Waals surface area contributed by atoms with Crippen LogP contribution in [0.25, 0.3) is 0 Å². The van der Waals surface area contributed by atoms with Crippen LogP contribution in [-0.2, 0) is 4.79 Å². The monoisotopic (exact) mass is 151 g/mol. The minimum absolute atomic E-state index is 0.310. The first-order chi connectivity index (χ1) is 5.36. The lowest BCUT2D eigenvalue weighted by Crippen LogP contribution is -2.19. The molecule has 2 heteroatoms. The lowest BCUT2D eigenvalue weighted by Gasteiger charge is -2.19. The predicted molar refractivity (Wildman–Crippen MR) is 42.9 cm³/mol. The van der Waals surface area contributed by atoms with Crippen LogP contribution < -0.4 is 0 Å². The summed E-state index contributed by atoms with van der Waals surface area (Å²) in [5.41, 5.74) is 1.46. The molecule has 1 aliphatic carbocycles. The van der Waals surface area contributed by atoms with Gasteiger partial charge in [-0.1, -0.05) is 5.57 Å². The summed E-state index contributed by atoms with van der Waals surface area (Å²) in [7, 11) is 0. The molecule has 0 radical (unpaired) electrons. The Balaban J connectivity index is 1.98. The van der Waals surface area contributed by atoms with Gasteiger partial charge in [-0.2, -0.15) is 0 Å². The average Bonchev–Trinajstić information content (AvgIpc) is 2.27. The Morgan fingerprint density at radius 1 is 1.18 bits per heavy atom. The molecule has 60 valence electrons. The SMILES string of the molecule is O=C1CCCN1C=C1CCC1. The summed E-state index contributed by atoms with van der Waals surface area (Å²) in [5.74, 6) is 0.310. The summed E-state index contributed by atoms with van der Waals surface area (Å²) < 4.78 is 0. The highest BCUT2D eigenvalue weighted by molar-refractivity contribution is 5.79. The molecule has 0 N–H and O–H groups in total. The van der Waals surface area contributed by atoms with Crippen molar-refractivity contribution in [2.75, 3.05) is 6.54 Å². The van der Waals surface area contributed by atoms with E-state index in [1.807, 2.05) is 4.90 Å². The van der Waals surface area contributed by atoms with E-state index in [1.54, 1.807) is 0 Å². The predicted octanol–water partition coefficient (Wildman–Crippen LogP) is 1.68. The second-order valence-electron chi connectivity index (χ2n) is 3.33. The number of hydrogen-bond acceptors (Lipinski definition) is 1. The Kier molecular flexibility index (Phi) is 1.68. The smallest absolute Gasteiger partial charge is 0.226 e. The first-order valence-corrected chi connectivity index (χ1v) is 4.35. The number of carbonyl (C=O) groups excluding carboxylic acids is 1. The van der Waals surface area contributed by atoms with E-state index in [4.69, 9.17) is 0 Å². The number of rotatable bonds is 1. The van der Waals surface area contributed by atoms with Crippen molar-refractivity contribution in [2.45, 2.75) is 32.1 Å². The van der Waals surface area contributed by atoms with Crippen molar-refractivity contribution in [2.24, 2.45) is 0 Å². The van der Waals surface area contributed by atoms with Crippen LogP contribution in [0.15, 0.2) is 11.8 Å². The lowest BCUT2D eigenvalue weighted by molar-refractivity contribution is -0.125. The molecule has 2 fully saturated rings. The van der Waals surface area contributed by atoms with Crippen molar-refractivity contribution >= 4 is 5.91 Å². The largest absolute Gasteiger partial charge is 0.319 e. The zero-order chi connectivity index (χ0) is 7.68. The number of amides is 1. The third-order valence-electron chi connectivity index (χ3n) is 2.44. The number of hydrogen-bond donors (Lipinski definition) is 0. The Labute approximate surface area is 66.9 Å². The van der Waals surface area contributed by atoms with E-state index in [0.717, 1.165) is 19.4 Å². The highest BCUT2D eigenvalue weighted by Crippen LogP contribution is 2.26. The van der Waals surface area contributed by atoms with E-state index in [-0.39, 0.29) is 0 Å². The van der Waals surface area contributed by atoms with Gasteiger partial charge in [0.25, 0.3) is 0 Å². The molecule has 0 aromatic heterocycles. The molecule has 1 heterocycles. The molecule has 2 nitrogen and oxygen atoms in total. The van der Waals surface area contributed by atoms with Gasteiger partial charge >= 0.3 is 0 Å². The van der Waals surface area contributed by atoms with E-state index in [0.29, 0.717) is 5.91 Å². The van der Waals surface area contributed by atoms with Gasteiger partial charge in [-0.3, -0.25) is 4.79 Å². The topological polar surface area (TPSA) is 20.3 Å². The van der Waals surface area contributed by atoms with Gasteiger partial charge in [0.1, 0.15) is 0 Å². The molecule has 1 amide bonds. The summed E-state index contributed by atoms with van der Waals surface area (Å²) >= 11 is 0. The number of allylic oxidation sites excluding steroid dienone is 1. The minimum atomic E-state index is 0.310. The van der Waals surface area contributed by atoms with Crippen LogP contribution in [0.3, 0.4) is 0 Å². The molecular weight excluding hydrogens is 138 g/mol. The van der Waals surface area contributed by atoms with Gasteiger partial charge < -0.3 is 4.90 Å². The summed E-state index contributed by atoms with van der Waals surface area (Å²) in [6.45, 7) is 0.947. The fourth-order valence-corrected chi connectivity index (χ4v) is 1.54. The summed E-state index contributed by atoms with van der Waals surface area (Å²) in [5, 5.41) is 0. The van der Waals surface area contributed by atoms with Gasteiger partial charge in [-0.05, 0) is 25.7 Å². The molecule has 1 saturated carbocycles. The summed E-state index contributed by atoms with van der Waals surface area (Å²) in [6.07, 6.45) is 7.60. The molecule has 0 spiro atoms. The van der Waals surface area contributed by atoms with Crippen molar-refractivity contribution in [3.63, 3.8) is 0 Å². The van der Waals surface area contributed by atoms with Crippen LogP contribution >= 0.6 is 0 Å². The maximum Gasteiger partial charge on any atom is 0.226 e. The van der Waals surface area contributed by atoms with E-state index < -0.39 is 0 Å². The fourth-order valence-electron chi connectivity index (χ4n) is 1.54. The zero-order valence-corrected chi connectivity index (χ0v) is 6.68. The number of likely N-dealkylation sites (tertiary alicyclic amines) is 1. The van der Waals surface area contributed by atoms with Gasteiger partial charge in [0.2, 0.25) is 5.91 Å². The third kappa shape index (κ3) is 1.30. The Hall–Kier alpha value is -0.790. The number of nitrogens with zero attached hydrogens (tertiary/aromatic N) is 1. The normalized spacial score (nSPS) is 23.8. The lowest BCUT2D eigenvalue weighted by atomic mass is 9.93. The van der Waals surface area contributed by atoms with Crippen LogP contribution in [-0.4, -0.2) is 17.4 Å². The summed E-state index contributed by atoms with van der Waals surface area (Å²) in [6, 6.07) is 0. The highest BCUT2D eigenvalue weighted by Gasteiger charge is 2.19. The molecule has 0 atom stereocenters. The molecule has 2 aliphatic rings. The van der Waals surface area contributed by atoms with Crippen molar-refractivity contribution < 1.29 is 4.79 Å². The Bertz CT molecular complexity index is 202. The van der Waals surface area contributed by atoms with Crippen LogP contribution in [0, 0.1) is 0 Å².